The van der Waals surface area contributed by atoms with E-state index >= 15 is 0 Å². The number of anilines is 2. The van der Waals surface area contributed by atoms with Crippen LogP contribution in [0, 0.1) is 23.7 Å². The smallest absolute Gasteiger partial charge is 0.248 e. The van der Waals surface area contributed by atoms with E-state index in [-0.39, 0.29) is 23.7 Å². The number of nitrogens with two attached hydrogens (primary N) is 1. The molecular formula is C26H20N4O2. The van der Waals surface area contributed by atoms with Gasteiger partial charge in [0.05, 0.1) is 12.1 Å². The molecule has 6 nitrogen and oxygen atoms in total. The van der Waals surface area contributed by atoms with Crippen molar-refractivity contribution in [2.75, 3.05) is 16.3 Å². The van der Waals surface area contributed by atoms with E-state index in [0.717, 1.165) is 5.69 Å². The molecule has 0 radical (unpaired) electrons. The van der Waals surface area contributed by atoms with Crippen molar-refractivity contribution in [3.8, 4) is 18.4 Å². The summed E-state index contributed by atoms with van der Waals surface area (Å²) >= 11 is 0. The Morgan fingerprint density at radius 2 is 1.78 bits per heavy atom. The number of amides is 1. The molecule has 0 saturated heterocycles. The largest absolute Gasteiger partial charge is 0.384 e. The molecule has 1 spiro atoms. The van der Waals surface area contributed by atoms with Crippen LogP contribution in [0.4, 0.5) is 11.4 Å². The quantitative estimate of drug-likeness (QED) is 0.754. The number of allylic oxidation sites excluding steroid dienone is 1. The average molecular weight is 420 g/mol. The Balaban J connectivity index is 1.90. The van der Waals surface area contributed by atoms with E-state index < -0.39 is 11.3 Å². The zero-order valence-corrected chi connectivity index (χ0v) is 17.3. The van der Waals surface area contributed by atoms with E-state index in [1.807, 2.05) is 36.4 Å². The van der Waals surface area contributed by atoms with Crippen LogP contribution in [0.25, 0.3) is 0 Å². The first-order valence-electron chi connectivity index (χ1n) is 10.4. The summed E-state index contributed by atoms with van der Waals surface area (Å²) in [6, 6.07) is 18.8. The van der Waals surface area contributed by atoms with Crippen LogP contribution in [-0.2, 0) is 15.0 Å². The Kier molecular flexibility index (Phi) is 4.39. The highest BCUT2D eigenvalue weighted by Gasteiger charge is 2.62. The highest BCUT2D eigenvalue weighted by Crippen LogP contribution is 2.56. The summed E-state index contributed by atoms with van der Waals surface area (Å²) in [7, 11) is 0. The number of nitriles is 1. The second-order valence-electron chi connectivity index (χ2n) is 8.00. The molecule has 0 bridgehead atoms. The van der Waals surface area contributed by atoms with Crippen LogP contribution < -0.4 is 15.5 Å². The highest BCUT2D eigenvalue weighted by molar-refractivity contribution is 6.20. The third-order valence-electron chi connectivity index (χ3n) is 6.44. The van der Waals surface area contributed by atoms with Crippen LogP contribution in [0.2, 0.25) is 0 Å². The van der Waals surface area contributed by atoms with Gasteiger partial charge in [0.15, 0.2) is 5.78 Å². The van der Waals surface area contributed by atoms with Crippen LogP contribution in [0.5, 0.6) is 0 Å². The number of terminal acetylenes is 1. The zero-order valence-electron chi connectivity index (χ0n) is 17.3. The monoisotopic (exact) mass is 420 g/mol. The number of nitrogens with zero attached hydrogens (tertiary/aromatic N) is 3. The van der Waals surface area contributed by atoms with Crippen molar-refractivity contribution < 1.29 is 9.59 Å². The van der Waals surface area contributed by atoms with Gasteiger partial charge in [-0.25, -0.2) is 0 Å². The Labute approximate surface area is 186 Å². The fourth-order valence-electron chi connectivity index (χ4n) is 5.25. The number of carbonyl (C=O) groups is 2. The molecule has 6 heteroatoms. The zero-order chi connectivity index (χ0) is 22.5. The van der Waals surface area contributed by atoms with E-state index in [4.69, 9.17) is 12.2 Å². The van der Waals surface area contributed by atoms with E-state index in [1.165, 1.54) is 4.90 Å². The molecule has 2 aromatic rings. The highest BCUT2D eigenvalue weighted by atomic mass is 16.2. The SMILES string of the molecule is C#CCN1C(=O)C2(C(C#N)=C(N)N(c3ccccc3)C3=C2C(=O)CCC3)c2ccccc21. The number of fused-ring (bicyclic) bond motifs is 3. The van der Waals surface area contributed by atoms with Crippen LogP contribution in [-0.4, -0.2) is 18.2 Å². The predicted molar refractivity (Wildman–Crippen MR) is 121 cm³/mol. The molecule has 0 fully saturated rings. The Hall–Kier alpha value is -4.29. The number of para-hydroxylation sites is 2. The predicted octanol–water partition coefficient (Wildman–Crippen LogP) is 3.13. The summed E-state index contributed by atoms with van der Waals surface area (Å²) in [5.74, 6) is 2.16. The fourth-order valence-corrected chi connectivity index (χ4v) is 5.25. The molecule has 32 heavy (non-hydrogen) atoms. The third kappa shape index (κ3) is 2.35. The van der Waals surface area contributed by atoms with Crippen LogP contribution in [0.3, 0.4) is 0 Å². The van der Waals surface area contributed by atoms with E-state index in [0.29, 0.717) is 41.8 Å². The Bertz CT molecular complexity index is 1310. The van der Waals surface area contributed by atoms with Crippen molar-refractivity contribution in [2.45, 2.75) is 24.7 Å². The minimum atomic E-state index is -1.58. The van der Waals surface area contributed by atoms with Crippen LogP contribution >= 0.6 is 0 Å². The maximum atomic E-state index is 14.1. The molecule has 1 unspecified atom stereocenters. The average Bonchev–Trinajstić information content (AvgIpc) is 3.04. The van der Waals surface area contributed by atoms with Gasteiger partial charge in [-0.05, 0) is 31.0 Å². The Morgan fingerprint density at radius 3 is 2.50 bits per heavy atom. The topological polar surface area (TPSA) is 90.4 Å². The lowest BCUT2D eigenvalue weighted by atomic mass is 9.64. The second-order valence-corrected chi connectivity index (χ2v) is 8.00. The van der Waals surface area contributed by atoms with Crippen molar-refractivity contribution >= 4 is 23.1 Å². The first kappa shape index (κ1) is 19.7. The molecule has 0 aromatic heterocycles. The first-order valence-corrected chi connectivity index (χ1v) is 10.4. The first-order chi connectivity index (χ1) is 15.6. The number of benzene rings is 2. The van der Waals surface area contributed by atoms with Gasteiger partial charge >= 0.3 is 0 Å². The number of Topliss-reactive ketones (excluding diaryl/α,β-unsaturated/α-hetero) is 1. The summed E-state index contributed by atoms with van der Waals surface area (Å²) in [6.07, 6.45) is 7.10. The third-order valence-corrected chi connectivity index (χ3v) is 6.44. The summed E-state index contributed by atoms with van der Waals surface area (Å²) in [4.78, 5) is 30.8. The van der Waals surface area contributed by atoms with Crippen molar-refractivity contribution in [1.82, 2.24) is 0 Å². The van der Waals surface area contributed by atoms with Gasteiger partial charge in [0.25, 0.3) is 0 Å². The van der Waals surface area contributed by atoms with E-state index in [2.05, 4.69) is 12.0 Å². The fraction of sp³-hybridized carbons (Fsp3) is 0.192. The summed E-state index contributed by atoms with van der Waals surface area (Å²) in [5.41, 5.74) is 8.07. The van der Waals surface area contributed by atoms with Gasteiger partial charge in [-0.2, -0.15) is 5.26 Å². The van der Waals surface area contributed by atoms with Crippen molar-refractivity contribution in [1.29, 1.82) is 5.26 Å². The van der Waals surface area contributed by atoms with Crippen LogP contribution in [0.15, 0.2) is 77.3 Å². The van der Waals surface area contributed by atoms with Gasteiger partial charge in [-0.15, -0.1) is 6.42 Å². The molecule has 5 rings (SSSR count). The minimum absolute atomic E-state index is 0.0371. The number of carbonyl (C=O) groups excluding carboxylic acids is 2. The van der Waals surface area contributed by atoms with E-state index in [1.54, 1.807) is 23.1 Å². The standard InChI is InChI=1S/C26H20N4O2/c1-2-15-29-20-12-7-6-11-18(20)26(25(29)32)19(16-27)24(28)30(17-9-4-3-5-10-17)21-13-8-14-22(31)23(21)26/h1,3-7,9-12H,8,13-15,28H2. The molecule has 156 valence electrons. The van der Waals surface area contributed by atoms with Crippen molar-refractivity contribution in [2.24, 2.45) is 5.73 Å². The molecule has 3 aliphatic rings. The van der Waals surface area contributed by atoms with Crippen molar-refractivity contribution in [3.63, 3.8) is 0 Å². The maximum Gasteiger partial charge on any atom is 0.248 e. The minimum Gasteiger partial charge on any atom is -0.384 e. The number of rotatable bonds is 2. The van der Waals surface area contributed by atoms with Gasteiger partial charge in [-0.3, -0.25) is 19.4 Å². The maximum absolute atomic E-state index is 14.1. The molecule has 2 aromatic carbocycles. The van der Waals surface area contributed by atoms with Gasteiger partial charge in [-0.1, -0.05) is 42.3 Å². The lowest BCUT2D eigenvalue weighted by molar-refractivity contribution is -0.124. The molecule has 0 saturated carbocycles. The number of hydrogen-bond acceptors (Lipinski definition) is 5. The molecule has 1 atom stereocenters. The molecule has 1 aliphatic carbocycles. The summed E-state index contributed by atoms with van der Waals surface area (Å²) in [5, 5.41) is 10.3. The summed E-state index contributed by atoms with van der Waals surface area (Å²) < 4.78 is 0. The number of ketones is 1. The van der Waals surface area contributed by atoms with Crippen LogP contribution in [0.1, 0.15) is 24.8 Å². The Morgan fingerprint density at radius 1 is 1.06 bits per heavy atom. The summed E-state index contributed by atoms with van der Waals surface area (Å²) in [6.45, 7) is 0.0371. The normalized spacial score (nSPS) is 22.1. The molecule has 1 amide bonds. The van der Waals surface area contributed by atoms with Crippen molar-refractivity contribution in [3.05, 3.63) is 82.8 Å². The molecule has 2 N–H and O–H groups in total. The second kappa shape index (κ2) is 7.14. The van der Waals surface area contributed by atoms with Gasteiger partial charge < -0.3 is 5.73 Å². The lowest BCUT2D eigenvalue weighted by Crippen LogP contribution is -2.52. The van der Waals surface area contributed by atoms with E-state index in [9.17, 15) is 14.9 Å². The molecule has 2 heterocycles. The van der Waals surface area contributed by atoms with Gasteiger partial charge in [0, 0.05) is 34.6 Å². The number of hydrogen-bond donors (Lipinski definition) is 1. The molecule has 2 aliphatic heterocycles. The lowest BCUT2D eigenvalue weighted by Gasteiger charge is -2.43. The van der Waals surface area contributed by atoms with Gasteiger partial charge in [0.1, 0.15) is 17.3 Å². The van der Waals surface area contributed by atoms with Gasteiger partial charge in [0.2, 0.25) is 5.91 Å². The molecular weight excluding hydrogens is 400 g/mol.